The van der Waals surface area contributed by atoms with Crippen molar-refractivity contribution < 1.29 is 4.42 Å². The molecule has 11 rings (SSSR count). The normalized spacial score (nSPS) is 11.6. The minimum atomic E-state index is 0.644. The maximum absolute atomic E-state index is 6.45. The Morgan fingerprint density at radius 2 is 0.804 bits per heavy atom. The molecule has 0 saturated carbocycles. The van der Waals surface area contributed by atoms with Crippen LogP contribution in [0.3, 0.4) is 0 Å². The third kappa shape index (κ3) is 5.65. The van der Waals surface area contributed by atoms with Crippen molar-refractivity contribution in [3.05, 3.63) is 188 Å². The summed E-state index contributed by atoms with van der Waals surface area (Å²) in [5.74, 6) is 1.94. The zero-order valence-corrected chi connectivity index (χ0v) is 30.9. The van der Waals surface area contributed by atoms with Crippen molar-refractivity contribution in [2.45, 2.75) is 0 Å². The highest BCUT2D eigenvalue weighted by atomic mass is 32.1. The largest absolute Gasteiger partial charge is 0.456 e. The van der Waals surface area contributed by atoms with E-state index in [1.165, 1.54) is 36.9 Å². The van der Waals surface area contributed by atoms with Crippen molar-refractivity contribution in [2.24, 2.45) is 0 Å². The molecule has 0 aliphatic heterocycles. The van der Waals surface area contributed by atoms with E-state index in [4.69, 9.17) is 19.4 Å². The molecule has 0 amide bonds. The van der Waals surface area contributed by atoms with Crippen molar-refractivity contribution in [2.75, 3.05) is 0 Å². The number of thiophene rings is 1. The van der Waals surface area contributed by atoms with Crippen LogP contribution in [-0.2, 0) is 0 Å². The maximum atomic E-state index is 6.45. The zero-order chi connectivity index (χ0) is 37.0. The summed E-state index contributed by atoms with van der Waals surface area (Å²) in [6.45, 7) is 0. The number of nitrogens with zero attached hydrogens (tertiary/aromatic N) is 3. The molecule has 3 heterocycles. The minimum absolute atomic E-state index is 0.644. The van der Waals surface area contributed by atoms with Crippen LogP contribution in [0.4, 0.5) is 0 Å². The summed E-state index contributed by atoms with van der Waals surface area (Å²) in [6, 6.07) is 65.7. The monoisotopic (exact) mass is 733 g/mol. The number of para-hydroxylation sites is 1. The highest BCUT2D eigenvalue weighted by Gasteiger charge is 2.17. The summed E-state index contributed by atoms with van der Waals surface area (Å²) >= 11 is 1.79. The third-order valence-corrected chi connectivity index (χ3v) is 11.7. The van der Waals surface area contributed by atoms with Gasteiger partial charge < -0.3 is 4.42 Å². The van der Waals surface area contributed by atoms with Crippen molar-refractivity contribution in [1.29, 1.82) is 0 Å². The van der Waals surface area contributed by atoms with E-state index in [2.05, 4.69) is 140 Å². The minimum Gasteiger partial charge on any atom is -0.456 e. The van der Waals surface area contributed by atoms with Crippen LogP contribution in [0.25, 0.3) is 110 Å². The van der Waals surface area contributed by atoms with Crippen molar-refractivity contribution >= 4 is 53.4 Å². The lowest BCUT2D eigenvalue weighted by Crippen LogP contribution is -2.00. The number of aromatic nitrogens is 3. The van der Waals surface area contributed by atoms with Crippen LogP contribution in [-0.4, -0.2) is 15.0 Å². The fraction of sp³-hybridized carbons (Fsp3) is 0. The van der Waals surface area contributed by atoms with Crippen LogP contribution in [0, 0.1) is 0 Å². The molecule has 0 radical (unpaired) electrons. The van der Waals surface area contributed by atoms with Gasteiger partial charge in [0.25, 0.3) is 0 Å². The van der Waals surface area contributed by atoms with Crippen LogP contribution < -0.4 is 0 Å². The Hall–Kier alpha value is -7.21. The van der Waals surface area contributed by atoms with Gasteiger partial charge in [0.2, 0.25) is 0 Å². The van der Waals surface area contributed by atoms with Gasteiger partial charge in [-0.2, -0.15) is 0 Å². The molecule has 0 bridgehead atoms. The standard InChI is InChI=1S/C51H31N3OS/c1-4-12-32(13-5-1)33-20-22-36(23-21-33)50-52-49(35-16-8-3-9-17-35)53-51(54-50)38-25-27-41-40-26-24-37(30-46(40)56-47(41)31-38)39-28-43(34-14-6-2-7-15-34)48-42-18-10-11-19-44(42)55-45(48)29-39/h1-31H. The Balaban J connectivity index is 1.01. The lowest BCUT2D eigenvalue weighted by Gasteiger charge is -2.09. The Morgan fingerprint density at radius 1 is 0.321 bits per heavy atom. The molecule has 56 heavy (non-hydrogen) atoms. The number of benzene rings is 8. The van der Waals surface area contributed by atoms with E-state index >= 15 is 0 Å². The first kappa shape index (κ1) is 32.2. The molecule has 0 aliphatic carbocycles. The zero-order valence-electron chi connectivity index (χ0n) is 30.1. The van der Waals surface area contributed by atoms with Gasteiger partial charge in [0.1, 0.15) is 11.2 Å². The molecule has 0 atom stereocenters. The van der Waals surface area contributed by atoms with Crippen LogP contribution in [0.2, 0.25) is 0 Å². The summed E-state index contributed by atoms with van der Waals surface area (Å²) in [6.07, 6.45) is 0. The molecule has 5 heteroatoms. The van der Waals surface area contributed by atoms with Gasteiger partial charge in [-0.3, -0.25) is 0 Å². The maximum Gasteiger partial charge on any atom is 0.164 e. The number of rotatable bonds is 6. The van der Waals surface area contributed by atoms with Crippen LogP contribution in [0.5, 0.6) is 0 Å². The average Bonchev–Trinajstić information content (AvgIpc) is 3.84. The first-order valence-corrected chi connectivity index (χ1v) is 19.5. The molecule has 3 aromatic heterocycles. The number of hydrogen-bond acceptors (Lipinski definition) is 5. The van der Waals surface area contributed by atoms with Gasteiger partial charge in [0, 0.05) is 47.6 Å². The predicted molar refractivity (Wildman–Crippen MR) is 233 cm³/mol. The molecule has 11 aromatic rings. The Morgan fingerprint density at radius 3 is 1.48 bits per heavy atom. The summed E-state index contributed by atoms with van der Waals surface area (Å²) < 4.78 is 8.86. The SMILES string of the molecule is c1ccc(-c2ccc(-c3nc(-c4ccccc4)nc(-c4ccc5c(c4)sc4cc(-c6cc(-c7ccccc7)c7c(c6)oc6ccccc67)ccc45)n3)cc2)cc1. The first-order chi connectivity index (χ1) is 27.7. The quantitative estimate of drug-likeness (QED) is 0.171. The van der Waals surface area contributed by atoms with E-state index < -0.39 is 0 Å². The second kappa shape index (κ2) is 13.3. The molecule has 0 aliphatic rings. The van der Waals surface area contributed by atoms with Gasteiger partial charge >= 0.3 is 0 Å². The molecule has 4 nitrogen and oxygen atoms in total. The average molecular weight is 734 g/mol. The molecule has 8 aromatic carbocycles. The topological polar surface area (TPSA) is 51.8 Å². The van der Waals surface area contributed by atoms with Crippen molar-refractivity contribution in [3.8, 4) is 67.5 Å². The lowest BCUT2D eigenvalue weighted by molar-refractivity contribution is 0.669. The number of furan rings is 1. The van der Waals surface area contributed by atoms with Gasteiger partial charge in [0.15, 0.2) is 17.5 Å². The molecule has 0 fully saturated rings. The van der Waals surface area contributed by atoms with Crippen molar-refractivity contribution in [1.82, 2.24) is 15.0 Å². The second-order valence-corrected chi connectivity index (χ2v) is 15.1. The van der Waals surface area contributed by atoms with Gasteiger partial charge in [0.05, 0.1) is 0 Å². The summed E-state index contributed by atoms with van der Waals surface area (Å²) in [4.78, 5) is 15.1. The Kier molecular flexibility index (Phi) is 7.64. The van der Waals surface area contributed by atoms with Crippen LogP contribution in [0.1, 0.15) is 0 Å². The predicted octanol–water partition coefficient (Wildman–Crippen LogP) is 14.1. The van der Waals surface area contributed by atoms with E-state index in [9.17, 15) is 0 Å². The summed E-state index contributed by atoms with van der Waals surface area (Å²) in [5.41, 5.74) is 11.6. The molecule has 0 saturated heterocycles. The van der Waals surface area contributed by atoms with Crippen LogP contribution >= 0.6 is 11.3 Å². The number of hydrogen-bond donors (Lipinski definition) is 0. The Labute approximate surface area is 327 Å². The van der Waals surface area contributed by atoms with Gasteiger partial charge in [-0.25, -0.2) is 15.0 Å². The molecule has 0 spiro atoms. The van der Waals surface area contributed by atoms with Gasteiger partial charge in [-0.1, -0.05) is 158 Å². The number of fused-ring (bicyclic) bond motifs is 6. The third-order valence-electron chi connectivity index (χ3n) is 10.5. The second-order valence-electron chi connectivity index (χ2n) is 14.0. The van der Waals surface area contributed by atoms with E-state index in [1.54, 1.807) is 11.3 Å². The van der Waals surface area contributed by atoms with Crippen molar-refractivity contribution in [3.63, 3.8) is 0 Å². The van der Waals surface area contributed by atoms with E-state index in [0.717, 1.165) is 55.3 Å². The fourth-order valence-electron chi connectivity index (χ4n) is 7.75. The molecule has 0 unspecified atom stereocenters. The molecular formula is C51H31N3OS. The first-order valence-electron chi connectivity index (χ1n) is 18.7. The molecular weight excluding hydrogens is 703 g/mol. The fourth-order valence-corrected chi connectivity index (χ4v) is 8.94. The molecule has 262 valence electrons. The highest BCUT2D eigenvalue weighted by Crippen LogP contribution is 2.42. The molecule has 0 N–H and O–H groups in total. The van der Waals surface area contributed by atoms with Gasteiger partial charge in [-0.05, 0) is 63.7 Å². The van der Waals surface area contributed by atoms with E-state index in [-0.39, 0.29) is 0 Å². The van der Waals surface area contributed by atoms with E-state index in [1.807, 2.05) is 48.5 Å². The highest BCUT2D eigenvalue weighted by molar-refractivity contribution is 7.25. The Bertz CT molecular complexity index is 3230. The lowest BCUT2D eigenvalue weighted by atomic mass is 9.94. The smallest absolute Gasteiger partial charge is 0.164 e. The summed E-state index contributed by atoms with van der Waals surface area (Å²) in [5, 5.41) is 4.72. The van der Waals surface area contributed by atoms with E-state index in [0.29, 0.717) is 17.5 Å². The summed E-state index contributed by atoms with van der Waals surface area (Å²) in [7, 11) is 0. The van der Waals surface area contributed by atoms with Crippen LogP contribution in [0.15, 0.2) is 192 Å². The van der Waals surface area contributed by atoms with Gasteiger partial charge in [-0.15, -0.1) is 11.3 Å².